The minimum absolute atomic E-state index is 0.179. The molecule has 1 aromatic heterocycles. The topological polar surface area (TPSA) is 33.2 Å². The summed E-state index contributed by atoms with van der Waals surface area (Å²) < 4.78 is 0. The third-order valence-electron chi connectivity index (χ3n) is 4.53. The van der Waals surface area contributed by atoms with Gasteiger partial charge in [0.25, 0.3) is 5.91 Å². The largest absolute Gasteiger partial charge is 0.338 e. The van der Waals surface area contributed by atoms with Crippen molar-refractivity contribution in [3.63, 3.8) is 0 Å². The van der Waals surface area contributed by atoms with E-state index in [0.29, 0.717) is 5.92 Å². The van der Waals surface area contributed by atoms with E-state index in [1.807, 2.05) is 17.0 Å². The molecule has 0 aromatic carbocycles. The molecule has 1 saturated heterocycles. The zero-order chi connectivity index (χ0) is 12.9. The summed E-state index contributed by atoms with van der Waals surface area (Å²) in [7, 11) is 0. The van der Waals surface area contributed by atoms with Crippen molar-refractivity contribution in [3.8, 4) is 0 Å². The summed E-state index contributed by atoms with van der Waals surface area (Å²) in [6.07, 6.45) is 1.75. The molecule has 3 rings (SSSR count). The van der Waals surface area contributed by atoms with Gasteiger partial charge in [0.15, 0.2) is 0 Å². The van der Waals surface area contributed by atoms with Gasteiger partial charge in [-0.1, -0.05) is 20.8 Å². The SMILES string of the molecule is CC(C)c1cc(C(=O)N2CC3C(C)C3C2)ccn1. The van der Waals surface area contributed by atoms with Gasteiger partial charge in [0, 0.05) is 30.5 Å². The molecule has 1 saturated carbocycles. The van der Waals surface area contributed by atoms with E-state index in [0.717, 1.165) is 42.1 Å². The van der Waals surface area contributed by atoms with Crippen LogP contribution in [0.4, 0.5) is 0 Å². The van der Waals surface area contributed by atoms with E-state index < -0.39 is 0 Å². The molecule has 3 heteroatoms. The first-order valence-corrected chi connectivity index (χ1v) is 6.83. The Kier molecular flexibility index (Phi) is 2.65. The second-order valence-electron chi connectivity index (χ2n) is 6.02. The van der Waals surface area contributed by atoms with Crippen LogP contribution in [-0.4, -0.2) is 28.9 Å². The highest BCUT2D eigenvalue weighted by atomic mass is 16.2. The van der Waals surface area contributed by atoms with Crippen LogP contribution in [0.15, 0.2) is 18.3 Å². The number of nitrogens with zero attached hydrogens (tertiary/aromatic N) is 2. The van der Waals surface area contributed by atoms with Gasteiger partial charge in [0.05, 0.1) is 0 Å². The van der Waals surface area contributed by atoms with Crippen molar-refractivity contribution in [2.75, 3.05) is 13.1 Å². The number of amides is 1. The second-order valence-corrected chi connectivity index (χ2v) is 6.02. The summed E-state index contributed by atoms with van der Waals surface area (Å²) in [4.78, 5) is 18.7. The van der Waals surface area contributed by atoms with Crippen molar-refractivity contribution < 1.29 is 4.79 Å². The van der Waals surface area contributed by atoms with Gasteiger partial charge >= 0.3 is 0 Å². The highest BCUT2D eigenvalue weighted by Gasteiger charge is 2.53. The molecule has 0 N–H and O–H groups in total. The number of carbonyl (C=O) groups excluding carboxylic acids is 1. The lowest BCUT2D eigenvalue weighted by molar-refractivity contribution is 0.0769. The Morgan fingerprint density at radius 3 is 2.67 bits per heavy atom. The van der Waals surface area contributed by atoms with Gasteiger partial charge < -0.3 is 4.90 Å². The highest BCUT2D eigenvalue weighted by molar-refractivity contribution is 5.94. The van der Waals surface area contributed by atoms with E-state index in [1.165, 1.54) is 0 Å². The molecule has 18 heavy (non-hydrogen) atoms. The Balaban J connectivity index is 1.75. The Morgan fingerprint density at radius 2 is 2.06 bits per heavy atom. The minimum Gasteiger partial charge on any atom is -0.338 e. The second kappa shape index (κ2) is 4.08. The number of fused-ring (bicyclic) bond motifs is 1. The molecule has 2 unspecified atom stereocenters. The van der Waals surface area contributed by atoms with Gasteiger partial charge in [0.1, 0.15) is 0 Å². The van der Waals surface area contributed by atoms with E-state index in [4.69, 9.17) is 0 Å². The predicted molar refractivity (Wildman–Crippen MR) is 70.4 cm³/mol. The zero-order valence-electron chi connectivity index (χ0n) is 11.3. The normalized spacial score (nSPS) is 29.6. The number of piperidine rings is 1. The lowest BCUT2D eigenvalue weighted by atomic mass is 10.1. The van der Waals surface area contributed by atoms with Crippen LogP contribution in [-0.2, 0) is 0 Å². The minimum atomic E-state index is 0.179. The summed E-state index contributed by atoms with van der Waals surface area (Å²) >= 11 is 0. The molecule has 0 radical (unpaired) electrons. The van der Waals surface area contributed by atoms with Crippen molar-refractivity contribution in [1.82, 2.24) is 9.88 Å². The van der Waals surface area contributed by atoms with Crippen LogP contribution in [0.2, 0.25) is 0 Å². The number of aromatic nitrogens is 1. The molecule has 96 valence electrons. The summed E-state index contributed by atoms with van der Waals surface area (Å²) in [5, 5.41) is 0. The van der Waals surface area contributed by atoms with Gasteiger partial charge in [-0.05, 0) is 35.8 Å². The van der Waals surface area contributed by atoms with Crippen molar-refractivity contribution in [2.24, 2.45) is 17.8 Å². The summed E-state index contributed by atoms with van der Waals surface area (Å²) in [5.74, 6) is 2.90. The number of pyridine rings is 1. The van der Waals surface area contributed by atoms with Gasteiger partial charge in [-0.25, -0.2) is 0 Å². The molecular weight excluding hydrogens is 224 g/mol. The van der Waals surface area contributed by atoms with Crippen LogP contribution in [0, 0.1) is 17.8 Å². The Morgan fingerprint density at radius 1 is 1.39 bits per heavy atom. The zero-order valence-corrected chi connectivity index (χ0v) is 11.3. The van der Waals surface area contributed by atoms with Gasteiger partial charge in [-0.15, -0.1) is 0 Å². The molecule has 0 bridgehead atoms. The molecule has 1 aliphatic carbocycles. The molecule has 2 aliphatic rings. The van der Waals surface area contributed by atoms with E-state index in [9.17, 15) is 4.79 Å². The van der Waals surface area contributed by atoms with Crippen molar-refractivity contribution in [2.45, 2.75) is 26.7 Å². The summed E-state index contributed by atoms with van der Waals surface area (Å²) in [6, 6.07) is 3.78. The summed E-state index contributed by atoms with van der Waals surface area (Å²) in [6.45, 7) is 8.39. The first-order chi connectivity index (χ1) is 8.58. The third-order valence-corrected chi connectivity index (χ3v) is 4.53. The number of likely N-dealkylation sites (tertiary alicyclic amines) is 1. The molecular formula is C15H20N2O. The lowest BCUT2D eigenvalue weighted by Gasteiger charge is -2.19. The molecule has 3 nitrogen and oxygen atoms in total. The smallest absolute Gasteiger partial charge is 0.253 e. The van der Waals surface area contributed by atoms with E-state index in [1.54, 1.807) is 6.20 Å². The van der Waals surface area contributed by atoms with Crippen molar-refractivity contribution in [1.29, 1.82) is 0 Å². The van der Waals surface area contributed by atoms with E-state index in [2.05, 4.69) is 25.8 Å². The number of hydrogen-bond donors (Lipinski definition) is 0. The predicted octanol–water partition coefficient (Wildman–Crippen LogP) is 2.54. The fourth-order valence-electron chi connectivity index (χ4n) is 3.07. The van der Waals surface area contributed by atoms with Crippen LogP contribution in [0.25, 0.3) is 0 Å². The monoisotopic (exact) mass is 244 g/mol. The average molecular weight is 244 g/mol. The van der Waals surface area contributed by atoms with Crippen molar-refractivity contribution in [3.05, 3.63) is 29.6 Å². The van der Waals surface area contributed by atoms with Crippen LogP contribution in [0.3, 0.4) is 0 Å². The van der Waals surface area contributed by atoms with Crippen LogP contribution in [0.5, 0.6) is 0 Å². The number of carbonyl (C=O) groups is 1. The van der Waals surface area contributed by atoms with E-state index >= 15 is 0 Å². The van der Waals surface area contributed by atoms with Gasteiger partial charge in [-0.2, -0.15) is 0 Å². The molecule has 2 heterocycles. The molecule has 2 atom stereocenters. The van der Waals surface area contributed by atoms with Gasteiger partial charge in [-0.3, -0.25) is 9.78 Å². The fraction of sp³-hybridized carbons (Fsp3) is 0.600. The Hall–Kier alpha value is -1.38. The average Bonchev–Trinajstić information content (AvgIpc) is 2.81. The van der Waals surface area contributed by atoms with E-state index in [-0.39, 0.29) is 5.91 Å². The maximum Gasteiger partial charge on any atom is 0.253 e. The first-order valence-electron chi connectivity index (χ1n) is 6.83. The van der Waals surface area contributed by atoms with Crippen molar-refractivity contribution >= 4 is 5.91 Å². The molecule has 1 aliphatic heterocycles. The van der Waals surface area contributed by atoms with Crippen LogP contribution >= 0.6 is 0 Å². The maximum atomic E-state index is 12.4. The molecule has 2 fully saturated rings. The maximum absolute atomic E-state index is 12.4. The molecule has 0 spiro atoms. The highest BCUT2D eigenvalue weighted by Crippen LogP contribution is 2.51. The van der Waals surface area contributed by atoms with Crippen LogP contribution in [0.1, 0.15) is 42.7 Å². The Labute approximate surface area is 108 Å². The number of hydrogen-bond acceptors (Lipinski definition) is 2. The third kappa shape index (κ3) is 1.82. The molecule has 1 amide bonds. The number of rotatable bonds is 2. The van der Waals surface area contributed by atoms with Gasteiger partial charge in [0.2, 0.25) is 0 Å². The Bertz CT molecular complexity index is 471. The lowest BCUT2D eigenvalue weighted by Crippen LogP contribution is -2.31. The fourth-order valence-corrected chi connectivity index (χ4v) is 3.07. The molecule has 1 aromatic rings. The standard InChI is InChI=1S/C15H20N2O/c1-9(2)14-6-11(4-5-16-14)15(18)17-7-12-10(3)13(12)8-17/h4-6,9-10,12-13H,7-8H2,1-3H3. The first kappa shape index (κ1) is 11.7. The summed E-state index contributed by atoms with van der Waals surface area (Å²) in [5.41, 5.74) is 1.79. The van der Waals surface area contributed by atoms with Crippen LogP contribution < -0.4 is 0 Å². The quantitative estimate of drug-likeness (QED) is 0.801.